The van der Waals surface area contributed by atoms with Gasteiger partial charge in [0.05, 0.1) is 0 Å². The third-order valence-electron chi connectivity index (χ3n) is 5.97. The van der Waals surface area contributed by atoms with Gasteiger partial charge in [-0.15, -0.1) is 11.5 Å². The molecule has 0 saturated carbocycles. The second kappa shape index (κ2) is 8.12. The zero-order valence-electron chi connectivity index (χ0n) is 22.1. The topological polar surface area (TPSA) is 64.6 Å². The van der Waals surface area contributed by atoms with Crippen molar-refractivity contribution in [2.45, 2.75) is 105 Å². The molecule has 2 aromatic carbocycles. The second-order valence-electron chi connectivity index (χ2n) is 13.1. The van der Waals surface area contributed by atoms with Gasteiger partial charge in [0.1, 0.15) is 0 Å². The Balaban J connectivity index is 0.00000385. The average molecular weight is 497 g/mol. The van der Waals surface area contributed by atoms with E-state index < -0.39 is 22.3 Å². The second-order valence-corrected chi connectivity index (χ2v) is 13.1. The van der Waals surface area contributed by atoms with Gasteiger partial charge in [0.2, 0.25) is 0 Å². The molecule has 5 heteroatoms. The van der Waals surface area contributed by atoms with Gasteiger partial charge in [-0.25, -0.2) is 0 Å². The molecular formula is C28H38NiO4. The monoisotopic (exact) mass is 496 g/mol. The predicted molar refractivity (Wildman–Crippen MR) is 127 cm³/mol. The Labute approximate surface area is 209 Å². The molecule has 0 N–H and O–H groups in total. The van der Waals surface area contributed by atoms with Crippen LogP contribution in [0.1, 0.15) is 105 Å². The van der Waals surface area contributed by atoms with Gasteiger partial charge >= 0.3 is 16.5 Å². The van der Waals surface area contributed by atoms with Crippen LogP contribution in [-0.4, -0.2) is 0 Å². The Morgan fingerprint density at radius 1 is 0.545 bits per heavy atom. The van der Waals surface area contributed by atoms with E-state index in [9.17, 15) is 10.2 Å². The third-order valence-corrected chi connectivity index (χ3v) is 5.97. The molecule has 4 nitrogen and oxygen atoms in total. The van der Waals surface area contributed by atoms with Crippen LogP contribution in [0.3, 0.4) is 0 Å². The molecule has 1 heterocycles. The standard InChI is InChI=1S/C28H40O4.Ni/c1-25(2,3)15-13-16(26(4,5)6)22-17(14-15)31-23-18(27(7,8)9)20(29)21(30)19(24(23)32-22)28(10,11)12;/h13-14,29-30H,1-12H3;/q;+2/p-2. The first kappa shape index (κ1) is 27.4. The molecule has 0 fully saturated rings. The molecule has 0 bridgehead atoms. The fraction of sp³-hybridized carbons (Fsp3) is 0.571. The molecule has 0 aromatic heterocycles. The summed E-state index contributed by atoms with van der Waals surface area (Å²) in [6.07, 6.45) is 0. The summed E-state index contributed by atoms with van der Waals surface area (Å²) in [6.45, 7) is 24.4. The fourth-order valence-electron chi connectivity index (χ4n) is 4.20. The molecule has 3 rings (SSSR count). The van der Waals surface area contributed by atoms with E-state index in [2.05, 4.69) is 47.6 Å². The van der Waals surface area contributed by atoms with Crippen LogP contribution in [0.5, 0.6) is 34.5 Å². The number of fused-ring (bicyclic) bond motifs is 2. The van der Waals surface area contributed by atoms with Crippen molar-refractivity contribution in [1.29, 1.82) is 0 Å². The van der Waals surface area contributed by atoms with E-state index in [4.69, 9.17) is 9.47 Å². The van der Waals surface area contributed by atoms with Crippen LogP contribution >= 0.6 is 0 Å². The smallest absolute Gasteiger partial charge is 0.873 e. The maximum atomic E-state index is 13.3. The molecule has 1 aliphatic rings. The quantitative estimate of drug-likeness (QED) is 0.317. The van der Waals surface area contributed by atoms with E-state index in [1.807, 2.05) is 47.6 Å². The first-order valence-electron chi connectivity index (χ1n) is 11.4. The molecule has 0 saturated heterocycles. The molecular weight excluding hydrogens is 459 g/mol. The van der Waals surface area contributed by atoms with Crippen molar-refractivity contribution in [3.63, 3.8) is 0 Å². The maximum Gasteiger partial charge on any atom is 2.00 e. The van der Waals surface area contributed by atoms with Crippen molar-refractivity contribution in [3.05, 3.63) is 34.4 Å². The average Bonchev–Trinajstić information content (AvgIpc) is 2.56. The summed E-state index contributed by atoms with van der Waals surface area (Å²) in [4.78, 5) is 0. The van der Waals surface area contributed by atoms with E-state index >= 15 is 0 Å². The van der Waals surface area contributed by atoms with Crippen molar-refractivity contribution in [2.75, 3.05) is 0 Å². The molecule has 0 spiro atoms. The van der Waals surface area contributed by atoms with Gasteiger partial charge < -0.3 is 19.7 Å². The molecule has 33 heavy (non-hydrogen) atoms. The number of hydrogen-bond donors (Lipinski definition) is 0. The predicted octanol–water partition coefficient (Wildman–Crippen LogP) is 6.92. The summed E-state index contributed by atoms with van der Waals surface area (Å²) < 4.78 is 13.1. The van der Waals surface area contributed by atoms with Crippen molar-refractivity contribution < 1.29 is 36.2 Å². The van der Waals surface area contributed by atoms with Gasteiger partial charge in [-0.2, -0.15) is 0 Å². The van der Waals surface area contributed by atoms with Gasteiger partial charge in [-0.3, -0.25) is 0 Å². The summed E-state index contributed by atoms with van der Waals surface area (Å²) in [5.74, 6) is 0.978. The third kappa shape index (κ3) is 4.85. The zero-order chi connectivity index (χ0) is 24.6. The van der Waals surface area contributed by atoms with E-state index in [1.165, 1.54) is 0 Å². The Morgan fingerprint density at radius 3 is 1.33 bits per heavy atom. The number of ether oxygens (including phenoxy) is 2. The van der Waals surface area contributed by atoms with E-state index in [0.29, 0.717) is 34.1 Å². The van der Waals surface area contributed by atoms with Gasteiger partial charge in [-0.1, -0.05) is 89.2 Å². The van der Waals surface area contributed by atoms with Crippen molar-refractivity contribution >= 4 is 0 Å². The van der Waals surface area contributed by atoms with E-state index in [-0.39, 0.29) is 27.3 Å². The van der Waals surface area contributed by atoms with Crippen LogP contribution in [0.25, 0.3) is 0 Å². The Kier molecular flexibility index (Phi) is 6.73. The Hall–Kier alpha value is -1.87. The van der Waals surface area contributed by atoms with E-state index in [1.54, 1.807) is 0 Å². The van der Waals surface area contributed by atoms with Crippen molar-refractivity contribution in [2.24, 2.45) is 0 Å². The first-order chi connectivity index (χ1) is 14.2. The largest absolute Gasteiger partial charge is 2.00 e. The fourth-order valence-corrected chi connectivity index (χ4v) is 4.20. The molecule has 0 radical (unpaired) electrons. The van der Waals surface area contributed by atoms with Crippen molar-refractivity contribution in [3.8, 4) is 34.5 Å². The Bertz CT molecular complexity index is 1070. The molecule has 1 aliphatic heterocycles. The molecule has 184 valence electrons. The normalized spacial score (nSPS) is 13.9. The molecule has 0 amide bonds. The van der Waals surface area contributed by atoms with Gasteiger partial charge in [0.25, 0.3) is 0 Å². The number of rotatable bonds is 0. The molecule has 2 aromatic rings. The summed E-state index contributed by atoms with van der Waals surface area (Å²) in [5.41, 5.74) is 1.43. The maximum absolute atomic E-state index is 13.3. The van der Waals surface area contributed by atoms with Crippen molar-refractivity contribution in [1.82, 2.24) is 0 Å². The minimum Gasteiger partial charge on any atom is -0.873 e. The molecule has 0 atom stereocenters. The number of benzene rings is 2. The minimum atomic E-state index is -0.579. The summed E-state index contributed by atoms with van der Waals surface area (Å²) in [7, 11) is 0. The van der Waals surface area contributed by atoms with Gasteiger partial charge in [-0.05, 0) is 44.4 Å². The summed E-state index contributed by atoms with van der Waals surface area (Å²) in [6, 6.07) is 4.18. The van der Waals surface area contributed by atoms with Crippen LogP contribution in [0.4, 0.5) is 0 Å². The van der Waals surface area contributed by atoms with Crippen LogP contribution in [0.2, 0.25) is 0 Å². The zero-order valence-corrected chi connectivity index (χ0v) is 23.1. The summed E-state index contributed by atoms with van der Waals surface area (Å²) >= 11 is 0. The number of hydrogen-bond acceptors (Lipinski definition) is 4. The van der Waals surface area contributed by atoms with Gasteiger partial charge in [0, 0.05) is 5.56 Å². The first-order valence-corrected chi connectivity index (χ1v) is 11.4. The molecule has 0 unspecified atom stereocenters. The summed E-state index contributed by atoms with van der Waals surface area (Å²) in [5, 5.41) is 26.6. The van der Waals surface area contributed by atoms with E-state index in [0.717, 1.165) is 11.1 Å². The Morgan fingerprint density at radius 2 is 0.970 bits per heavy atom. The molecule has 0 aliphatic carbocycles. The van der Waals surface area contributed by atoms with Crippen LogP contribution in [0, 0.1) is 0 Å². The van der Waals surface area contributed by atoms with Gasteiger partial charge in [0.15, 0.2) is 23.0 Å². The van der Waals surface area contributed by atoms with Crippen LogP contribution in [0.15, 0.2) is 12.1 Å². The van der Waals surface area contributed by atoms with Crippen LogP contribution < -0.4 is 19.7 Å². The minimum absolute atomic E-state index is 0. The SMILES string of the molecule is CC(C)(C)c1cc2c(c(C(C)(C)C)c1)Oc1c(c(C(C)(C)C)c([O-])c([O-])c1C(C)(C)C)O2.[Ni+2]. The van der Waals surface area contributed by atoms with Crippen LogP contribution in [-0.2, 0) is 38.2 Å².